The zero-order valence-corrected chi connectivity index (χ0v) is 10.7. The van der Waals surface area contributed by atoms with Gasteiger partial charge in [-0.25, -0.2) is 0 Å². The Morgan fingerprint density at radius 3 is 2.53 bits per heavy atom. The van der Waals surface area contributed by atoms with Gasteiger partial charge < -0.3 is 10.6 Å². The van der Waals surface area contributed by atoms with Gasteiger partial charge in [-0.1, -0.05) is 19.3 Å². The van der Waals surface area contributed by atoms with Crippen molar-refractivity contribution in [1.82, 2.24) is 4.90 Å². The minimum atomic E-state index is -0.137. The van der Waals surface area contributed by atoms with Crippen LogP contribution in [0, 0.1) is 17.3 Å². The predicted molar refractivity (Wildman–Crippen MR) is 67.4 cm³/mol. The number of hydrogen-bond donors (Lipinski definition) is 1. The van der Waals surface area contributed by atoms with Crippen molar-refractivity contribution in [1.29, 1.82) is 0 Å². The number of nitrogens with zero attached hydrogens (tertiary/aromatic N) is 1. The van der Waals surface area contributed by atoms with Crippen molar-refractivity contribution in [2.45, 2.75) is 44.9 Å². The zero-order chi connectivity index (χ0) is 11.9. The molecule has 2 atom stereocenters. The molecule has 96 valence electrons. The predicted octanol–water partition coefficient (Wildman–Crippen LogP) is 1.76. The van der Waals surface area contributed by atoms with Crippen molar-refractivity contribution >= 4 is 5.91 Å². The van der Waals surface area contributed by atoms with Gasteiger partial charge in [-0.2, -0.15) is 0 Å². The Kier molecular flexibility index (Phi) is 2.89. The summed E-state index contributed by atoms with van der Waals surface area (Å²) in [6.45, 7) is 2.56. The van der Waals surface area contributed by atoms with Crippen LogP contribution in [0.25, 0.3) is 0 Å². The number of piperidine rings is 1. The lowest BCUT2D eigenvalue weighted by Crippen LogP contribution is -2.48. The molecule has 3 aliphatic rings. The number of nitrogens with two attached hydrogens (primary N) is 1. The highest BCUT2D eigenvalue weighted by Gasteiger charge is 2.51. The summed E-state index contributed by atoms with van der Waals surface area (Å²) in [6, 6.07) is 0. The number of amides is 1. The van der Waals surface area contributed by atoms with Crippen LogP contribution in [0.4, 0.5) is 0 Å². The number of hydrogen-bond acceptors (Lipinski definition) is 2. The highest BCUT2D eigenvalue weighted by molar-refractivity contribution is 5.85. The third kappa shape index (κ3) is 1.99. The van der Waals surface area contributed by atoms with E-state index < -0.39 is 0 Å². The third-order valence-corrected chi connectivity index (χ3v) is 5.28. The smallest absolute Gasteiger partial charge is 0.230 e. The lowest BCUT2D eigenvalue weighted by atomic mass is 9.75. The van der Waals surface area contributed by atoms with Crippen LogP contribution in [0.3, 0.4) is 0 Å². The number of rotatable bonds is 2. The van der Waals surface area contributed by atoms with Crippen molar-refractivity contribution < 1.29 is 4.79 Å². The molecule has 2 aliphatic carbocycles. The Bertz CT molecular complexity index is 311. The standard InChI is InChI=1S/C14H24N2O/c15-10-14(6-7-14)13(17)16-8-5-11-3-1-2-4-12(11)9-16/h11-12H,1-10,15H2. The van der Waals surface area contributed by atoms with E-state index in [4.69, 9.17) is 5.73 Å². The van der Waals surface area contributed by atoms with E-state index in [1.807, 2.05) is 0 Å². The summed E-state index contributed by atoms with van der Waals surface area (Å²) in [5.74, 6) is 2.06. The highest BCUT2D eigenvalue weighted by atomic mass is 16.2. The first-order valence-electron chi connectivity index (χ1n) is 7.25. The number of likely N-dealkylation sites (tertiary alicyclic amines) is 1. The van der Waals surface area contributed by atoms with Crippen molar-refractivity contribution in [2.24, 2.45) is 23.0 Å². The first-order chi connectivity index (χ1) is 8.25. The lowest BCUT2D eigenvalue weighted by molar-refractivity contribution is -0.139. The molecule has 0 aromatic heterocycles. The molecule has 0 radical (unpaired) electrons. The summed E-state index contributed by atoms with van der Waals surface area (Å²) < 4.78 is 0. The summed E-state index contributed by atoms with van der Waals surface area (Å²) in [5, 5.41) is 0. The van der Waals surface area contributed by atoms with E-state index in [9.17, 15) is 4.79 Å². The van der Waals surface area contributed by atoms with E-state index in [0.29, 0.717) is 12.5 Å². The molecule has 17 heavy (non-hydrogen) atoms. The quantitative estimate of drug-likeness (QED) is 0.794. The first kappa shape index (κ1) is 11.5. The zero-order valence-electron chi connectivity index (χ0n) is 10.7. The Balaban J connectivity index is 1.64. The maximum Gasteiger partial charge on any atom is 0.230 e. The van der Waals surface area contributed by atoms with E-state index in [0.717, 1.165) is 37.8 Å². The summed E-state index contributed by atoms with van der Waals surface area (Å²) in [5.41, 5.74) is 5.62. The second kappa shape index (κ2) is 4.27. The van der Waals surface area contributed by atoms with Crippen molar-refractivity contribution in [3.05, 3.63) is 0 Å². The van der Waals surface area contributed by atoms with Gasteiger partial charge in [-0.3, -0.25) is 4.79 Å². The molecule has 3 fully saturated rings. The Hall–Kier alpha value is -0.570. The molecule has 2 N–H and O–H groups in total. The van der Waals surface area contributed by atoms with Crippen LogP contribution in [0.15, 0.2) is 0 Å². The molecule has 1 aliphatic heterocycles. The second-order valence-electron chi connectivity index (χ2n) is 6.33. The molecule has 1 amide bonds. The minimum Gasteiger partial charge on any atom is -0.342 e. The van der Waals surface area contributed by atoms with Gasteiger partial charge in [0.2, 0.25) is 5.91 Å². The summed E-state index contributed by atoms with van der Waals surface area (Å²) in [6.07, 6.45) is 8.78. The van der Waals surface area contributed by atoms with Gasteiger partial charge in [0.1, 0.15) is 0 Å². The molecule has 0 spiro atoms. The van der Waals surface area contributed by atoms with E-state index >= 15 is 0 Å². The monoisotopic (exact) mass is 236 g/mol. The number of fused-ring (bicyclic) bond motifs is 1. The minimum absolute atomic E-state index is 0.137. The van der Waals surface area contributed by atoms with Gasteiger partial charge in [-0.15, -0.1) is 0 Å². The van der Waals surface area contributed by atoms with Gasteiger partial charge >= 0.3 is 0 Å². The van der Waals surface area contributed by atoms with Crippen molar-refractivity contribution in [3.63, 3.8) is 0 Å². The molecule has 0 aromatic carbocycles. The highest BCUT2D eigenvalue weighted by Crippen LogP contribution is 2.47. The van der Waals surface area contributed by atoms with Crippen LogP contribution in [-0.4, -0.2) is 30.4 Å². The molecule has 2 unspecified atom stereocenters. The lowest BCUT2D eigenvalue weighted by Gasteiger charge is -2.42. The third-order valence-electron chi connectivity index (χ3n) is 5.28. The van der Waals surface area contributed by atoms with E-state index in [1.165, 1.54) is 32.1 Å². The van der Waals surface area contributed by atoms with Crippen LogP contribution < -0.4 is 5.73 Å². The van der Waals surface area contributed by atoms with Crippen LogP contribution >= 0.6 is 0 Å². The summed E-state index contributed by atoms with van der Waals surface area (Å²) in [7, 11) is 0. The molecule has 0 bridgehead atoms. The van der Waals surface area contributed by atoms with Gasteiger partial charge in [0, 0.05) is 19.6 Å². The van der Waals surface area contributed by atoms with Crippen molar-refractivity contribution in [2.75, 3.05) is 19.6 Å². The maximum absolute atomic E-state index is 12.4. The van der Waals surface area contributed by atoms with Crippen LogP contribution in [-0.2, 0) is 4.79 Å². The number of carbonyl (C=O) groups excluding carboxylic acids is 1. The largest absolute Gasteiger partial charge is 0.342 e. The van der Waals surface area contributed by atoms with E-state index in [1.54, 1.807) is 0 Å². The molecule has 3 nitrogen and oxygen atoms in total. The van der Waals surface area contributed by atoms with E-state index in [2.05, 4.69) is 4.90 Å². The topological polar surface area (TPSA) is 46.3 Å². The van der Waals surface area contributed by atoms with Crippen LogP contribution in [0.2, 0.25) is 0 Å². The normalized spacial score (nSPS) is 35.2. The number of carbonyl (C=O) groups is 1. The average Bonchev–Trinajstić information content (AvgIpc) is 3.18. The molecular weight excluding hydrogens is 212 g/mol. The molecule has 1 heterocycles. The van der Waals surface area contributed by atoms with Gasteiger partial charge in [-0.05, 0) is 37.5 Å². The Morgan fingerprint density at radius 2 is 1.88 bits per heavy atom. The summed E-state index contributed by atoms with van der Waals surface area (Å²) >= 11 is 0. The SMILES string of the molecule is NCC1(C(=O)N2CCC3CCCCC3C2)CC1. The van der Waals surface area contributed by atoms with Crippen LogP contribution in [0.1, 0.15) is 44.9 Å². The van der Waals surface area contributed by atoms with Gasteiger partial charge in [0.25, 0.3) is 0 Å². The van der Waals surface area contributed by atoms with Crippen LogP contribution in [0.5, 0.6) is 0 Å². The molecule has 3 heteroatoms. The van der Waals surface area contributed by atoms with Gasteiger partial charge in [0.05, 0.1) is 5.41 Å². The molecule has 0 aromatic rings. The fraction of sp³-hybridized carbons (Fsp3) is 0.929. The molecule has 2 saturated carbocycles. The van der Waals surface area contributed by atoms with E-state index in [-0.39, 0.29) is 5.41 Å². The first-order valence-corrected chi connectivity index (χ1v) is 7.25. The Labute approximate surface area is 104 Å². The molecule has 1 saturated heterocycles. The fourth-order valence-electron chi connectivity index (χ4n) is 3.78. The average molecular weight is 236 g/mol. The van der Waals surface area contributed by atoms with Crippen molar-refractivity contribution in [3.8, 4) is 0 Å². The molecule has 3 rings (SSSR count). The van der Waals surface area contributed by atoms with Gasteiger partial charge in [0.15, 0.2) is 0 Å². The summed E-state index contributed by atoms with van der Waals surface area (Å²) in [4.78, 5) is 14.6. The fourth-order valence-corrected chi connectivity index (χ4v) is 3.78. The Morgan fingerprint density at radius 1 is 1.18 bits per heavy atom. The maximum atomic E-state index is 12.4. The second-order valence-corrected chi connectivity index (χ2v) is 6.33. The molecular formula is C14H24N2O.